The first-order chi connectivity index (χ1) is 3.93. The molecule has 0 N–H and O–H groups in total. The molecule has 1 rings (SSSR count). The van der Waals surface area contributed by atoms with Gasteiger partial charge in [-0.25, -0.2) is 0 Å². The number of benzene rings is 1. The molecule has 44 valence electrons. The van der Waals surface area contributed by atoms with Gasteiger partial charge in [0.05, 0.1) is 0 Å². The van der Waals surface area contributed by atoms with E-state index in [1.165, 1.54) is 9.74 Å². The van der Waals surface area contributed by atoms with Crippen LogP contribution in [0, 0.1) is 0 Å². The van der Waals surface area contributed by atoms with Gasteiger partial charge in [0.15, 0.2) is 0 Å². The van der Waals surface area contributed by atoms with E-state index in [0.29, 0.717) is 0 Å². The Morgan fingerprint density at radius 2 is 1.88 bits per heavy atom. The fourth-order valence-electron chi connectivity index (χ4n) is 0.714. The molecule has 1 aromatic carbocycles. The summed E-state index contributed by atoms with van der Waals surface area (Å²) in [7, 11) is 0. The van der Waals surface area contributed by atoms with Gasteiger partial charge in [0.1, 0.15) is 0 Å². The molecule has 0 spiro atoms. The minimum atomic E-state index is 0. The quantitative estimate of drug-likeness (QED) is 0.649. The molecule has 0 aliphatic rings. The summed E-state index contributed by atoms with van der Waals surface area (Å²) in [5, 5.41) is 0. The Labute approximate surface area is 67.5 Å². The van der Waals surface area contributed by atoms with Crippen LogP contribution in [-0.4, -0.2) is 24.4 Å². The molecule has 0 atom stereocenters. The maximum atomic E-state index is 2.19. The first-order valence-electron chi connectivity index (χ1n) is 2.97. The van der Waals surface area contributed by atoms with E-state index in [1.807, 2.05) is 0 Å². The Bertz CT molecular complexity index is 153. The van der Waals surface area contributed by atoms with Crippen molar-refractivity contribution in [1.82, 2.24) is 0 Å². The van der Waals surface area contributed by atoms with Crippen LogP contribution in [0.15, 0.2) is 30.3 Å². The van der Waals surface area contributed by atoms with E-state index >= 15 is 0 Å². The van der Waals surface area contributed by atoms with Crippen LogP contribution in [0.3, 0.4) is 0 Å². The zero-order valence-electron chi connectivity index (χ0n) is 7.09. The fraction of sp³-hybridized carbons (Fsp3) is 0.143. The Kier molecular flexibility index (Phi) is 2.47. The molecule has 8 heavy (non-hydrogen) atoms. The van der Waals surface area contributed by atoms with Gasteiger partial charge < -0.3 is 2.85 Å². The first kappa shape index (κ1) is 6.21. The van der Waals surface area contributed by atoms with Gasteiger partial charge in [0.25, 0.3) is 0 Å². The van der Waals surface area contributed by atoms with E-state index in [-0.39, 0.29) is 2.85 Å². The van der Waals surface area contributed by atoms with Crippen molar-refractivity contribution >= 4 is 24.4 Å². The second kappa shape index (κ2) is 3.18. The summed E-state index contributed by atoms with van der Waals surface area (Å²) in [6.07, 6.45) is 0. The van der Waals surface area contributed by atoms with Crippen molar-refractivity contribution in [3.8, 4) is 0 Å². The van der Waals surface area contributed by atoms with E-state index in [4.69, 9.17) is 0 Å². The second-order valence-corrected chi connectivity index (χ2v) is 3.86. The zero-order valence-corrected chi connectivity index (χ0v) is 10.8. The van der Waals surface area contributed by atoms with E-state index in [2.05, 4.69) is 30.3 Å². The van der Waals surface area contributed by atoms with Crippen LogP contribution in [0.5, 0.6) is 0 Å². The molecule has 0 saturated carbocycles. The molecule has 0 aliphatic heterocycles. The average molecular weight is 210 g/mol. The minimum absolute atomic E-state index is 0. The van der Waals surface area contributed by atoms with Crippen LogP contribution >= 0.6 is 0 Å². The van der Waals surface area contributed by atoms with Crippen LogP contribution in [0.2, 0.25) is 0 Å². The van der Waals surface area contributed by atoms with Crippen LogP contribution < -0.4 is 0 Å². The van der Waals surface area contributed by atoms with Crippen LogP contribution in [-0.2, 0) is 4.18 Å². The molecular formula is C7H11In-2. The Hall–Kier alpha value is 0.0901. The van der Waals surface area contributed by atoms with Gasteiger partial charge in [0, 0.05) is 0 Å². The average Bonchev–Trinajstić information content (AvgIpc) is 1.90. The summed E-state index contributed by atoms with van der Waals surface area (Å²) < 4.78 is 1.35. The molecule has 1 heteroatoms. The molecule has 0 saturated heterocycles. The number of hydrogen-bond acceptors (Lipinski definition) is 0. The van der Waals surface area contributed by atoms with Gasteiger partial charge in [-0.15, -0.1) is 0 Å². The third kappa shape index (κ3) is 1.55. The van der Waals surface area contributed by atoms with Gasteiger partial charge in [-0.1, -0.05) is 0 Å². The fourth-order valence-corrected chi connectivity index (χ4v) is 2.06. The van der Waals surface area contributed by atoms with E-state index in [0.717, 1.165) is 24.4 Å². The van der Waals surface area contributed by atoms with Crippen molar-refractivity contribution in [3.05, 3.63) is 35.9 Å². The standard InChI is InChI=1S/C7H7.In.4H/c1-7-5-3-2-4-6-7;;;;;/h2-6H,1H2;;;;;/q;;;;2*-1. The number of hydrogen-bond donors (Lipinski definition) is 0. The van der Waals surface area contributed by atoms with Gasteiger partial charge in [-0.3, -0.25) is 0 Å². The van der Waals surface area contributed by atoms with E-state index in [9.17, 15) is 0 Å². The molecule has 0 bridgehead atoms. The predicted octanol–water partition coefficient (Wildman–Crippen LogP) is 1.04. The summed E-state index contributed by atoms with van der Waals surface area (Å²) >= 11 is 0.823. The summed E-state index contributed by atoms with van der Waals surface area (Å²) in [6, 6.07) is 10.7. The topological polar surface area (TPSA) is 0 Å². The summed E-state index contributed by atoms with van der Waals surface area (Å²) in [4.78, 5) is 0. The van der Waals surface area contributed by atoms with Crippen LogP contribution in [0.25, 0.3) is 0 Å². The second-order valence-electron chi connectivity index (χ2n) is 1.84. The van der Waals surface area contributed by atoms with Crippen LogP contribution in [0.4, 0.5) is 0 Å². The third-order valence-corrected chi connectivity index (χ3v) is 3.58. The number of rotatable bonds is 1. The maximum absolute atomic E-state index is 2.19. The van der Waals surface area contributed by atoms with Gasteiger partial charge in [-0.2, -0.15) is 0 Å². The van der Waals surface area contributed by atoms with Crippen molar-refractivity contribution < 1.29 is 2.85 Å². The molecule has 0 aliphatic carbocycles. The summed E-state index contributed by atoms with van der Waals surface area (Å²) in [5.74, 6) is 0. The molecule has 0 heterocycles. The Morgan fingerprint density at radius 3 is 2.25 bits per heavy atom. The third-order valence-electron chi connectivity index (χ3n) is 1.25. The van der Waals surface area contributed by atoms with E-state index in [1.54, 1.807) is 0 Å². The molecule has 0 amide bonds. The first-order valence-corrected chi connectivity index (χ1v) is 7.01. The van der Waals surface area contributed by atoms with E-state index < -0.39 is 0 Å². The van der Waals surface area contributed by atoms with Crippen molar-refractivity contribution in [2.75, 3.05) is 0 Å². The van der Waals surface area contributed by atoms with Crippen molar-refractivity contribution in [2.45, 2.75) is 4.18 Å². The molecule has 0 nitrogen and oxygen atoms in total. The van der Waals surface area contributed by atoms with Gasteiger partial charge >= 0.3 is 64.4 Å². The molecular weight excluding hydrogens is 199 g/mol. The van der Waals surface area contributed by atoms with Crippen molar-refractivity contribution in [3.63, 3.8) is 0 Å². The Morgan fingerprint density at radius 1 is 1.25 bits per heavy atom. The monoisotopic (exact) mass is 210 g/mol. The van der Waals surface area contributed by atoms with Crippen LogP contribution in [0.1, 0.15) is 8.42 Å². The van der Waals surface area contributed by atoms with Gasteiger partial charge in [-0.05, 0) is 0 Å². The summed E-state index contributed by atoms with van der Waals surface area (Å²) in [6.45, 7) is 0. The molecule has 0 aromatic heterocycles. The molecule has 1 aromatic rings. The SMILES string of the molecule is [H-].[H-].[InH2][CH2]c1ccccc1. The summed E-state index contributed by atoms with van der Waals surface area (Å²) in [5.41, 5.74) is 1.50. The molecule has 0 unspecified atom stereocenters. The van der Waals surface area contributed by atoms with Gasteiger partial charge in [0.2, 0.25) is 0 Å². The molecule has 0 radical (unpaired) electrons. The Balaban J connectivity index is 0. The van der Waals surface area contributed by atoms with Crippen molar-refractivity contribution in [1.29, 1.82) is 0 Å². The zero-order chi connectivity index (χ0) is 5.82. The normalized spacial score (nSPS) is 9.00. The predicted molar refractivity (Wildman–Crippen MR) is 40.9 cm³/mol. The molecule has 0 fully saturated rings. The van der Waals surface area contributed by atoms with Crippen molar-refractivity contribution in [2.24, 2.45) is 0 Å².